The number of hydrogen-bond acceptors (Lipinski definition) is 7. The van der Waals surface area contributed by atoms with Crippen LogP contribution in [0.1, 0.15) is 30.0 Å². The van der Waals surface area contributed by atoms with E-state index in [1.165, 1.54) is 7.11 Å². The SMILES string of the molecule is COC(=O)C[C@H]1SC(=O)N[C@@]12Oc1ccccc1[C@@H]1CC(c3ccccc3)=NN12. The largest absolute Gasteiger partial charge is 0.469 e. The van der Waals surface area contributed by atoms with Crippen LogP contribution in [0.4, 0.5) is 4.79 Å². The summed E-state index contributed by atoms with van der Waals surface area (Å²) in [7, 11) is 1.34. The van der Waals surface area contributed by atoms with Gasteiger partial charge in [-0.25, -0.2) is 5.01 Å². The second-order valence-corrected chi connectivity index (χ2v) is 8.29. The lowest BCUT2D eigenvalue weighted by Gasteiger charge is -2.47. The van der Waals surface area contributed by atoms with E-state index in [0.717, 1.165) is 28.6 Å². The fourth-order valence-corrected chi connectivity index (χ4v) is 5.16. The number of ether oxygens (including phenoxy) is 2. The van der Waals surface area contributed by atoms with Gasteiger partial charge in [0.2, 0.25) is 0 Å². The van der Waals surface area contributed by atoms with Gasteiger partial charge in [-0.1, -0.05) is 60.3 Å². The Kier molecular flexibility index (Phi) is 4.24. The number of benzene rings is 2. The standard InChI is InChI=1S/C21H19N3O4S/c1-27-19(25)12-18-21(22-20(26)29-18)24-16(14-9-5-6-10-17(14)28-21)11-15(23-24)13-7-3-2-4-8-13/h2-10,16,18H,11-12H2,1H3,(H,22,26)/t16-,18+,21-/m0/s1. The minimum Gasteiger partial charge on any atom is -0.469 e. The number of thioether (sulfide) groups is 1. The van der Waals surface area contributed by atoms with Crippen molar-refractivity contribution in [3.8, 4) is 5.75 Å². The number of hydrazone groups is 1. The molecule has 3 atom stereocenters. The third-order valence-corrected chi connectivity index (χ3v) is 6.53. The highest BCUT2D eigenvalue weighted by Gasteiger charge is 2.61. The number of nitrogens with zero attached hydrogens (tertiary/aromatic N) is 2. The molecule has 0 bridgehead atoms. The van der Waals surface area contributed by atoms with Gasteiger partial charge >= 0.3 is 5.97 Å². The van der Waals surface area contributed by atoms with Gasteiger partial charge < -0.3 is 9.47 Å². The molecule has 3 heterocycles. The number of methoxy groups -OCH3 is 1. The van der Waals surface area contributed by atoms with Gasteiger partial charge in [-0.15, -0.1) is 0 Å². The van der Waals surface area contributed by atoms with Crippen molar-refractivity contribution in [2.45, 2.75) is 30.0 Å². The molecule has 1 spiro atoms. The van der Waals surface area contributed by atoms with Crippen LogP contribution in [-0.4, -0.2) is 40.1 Å². The minimum atomic E-state index is -1.24. The van der Waals surface area contributed by atoms with E-state index in [4.69, 9.17) is 14.6 Å². The van der Waals surface area contributed by atoms with Crippen molar-refractivity contribution in [3.63, 3.8) is 0 Å². The Balaban J connectivity index is 1.62. The summed E-state index contributed by atoms with van der Waals surface area (Å²) in [6, 6.07) is 17.6. The Bertz CT molecular complexity index is 1010. The van der Waals surface area contributed by atoms with E-state index in [2.05, 4.69) is 5.32 Å². The molecule has 3 aliphatic rings. The number of esters is 1. The van der Waals surface area contributed by atoms with Crippen molar-refractivity contribution in [2.75, 3.05) is 7.11 Å². The van der Waals surface area contributed by atoms with E-state index in [1.54, 1.807) is 0 Å². The lowest BCUT2D eigenvalue weighted by molar-refractivity contribution is -0.150. The number of para-hydroxylation sites is 1. The number of nitrogens with one attached hydrogen (secondary N) is 1. The number of rotatable bonds is 3. The molecule has 0 unspecified atom stereocenters. The first kappa shape index (κ1) is 18.1. The highest BCUT2D eigenvalue weighted by atomic mass is 32.2. The zero-order valence-electron chi connectivity index (χ0n) is 15.7. The molecule has 7 nitrogen and oxygen atoms in total. The Morgan fingerprint density at radius 1 is 1.28 bits per heavy atom. The van der Waals surface area contributed by atoms with Gasteiger partial charge in [0.05, 0.1) is 25.3 Å². The molecule has 1 N–H and O–H groups in total. The second-order valence-electron chi connectivity index (χ2n) is 7.11. The van der Waals surface area contributed by atoms with E-state index in [-0.39, 0.29) is 17.7 Å². The molecular formula is C21H19N3O4S. The highest BCUT2D eigenvalue weighted by molar-refractivity contribution is 8.14. The van der Waals surface area contributed by atoms with Crippen molar-refractivity contribution >= 4 is 28.7 Å². The van der Waals surface area contributed by atoms with E-state index in [1.807, 2.05) is 59.6 Å². The van der Waals surface area contributed by atoms with Crippen molar-refractivity contribution in [3.05, 3.63) is 65.7 Å². The molecule has 2 aromatic rings. The van der Waals surface area contributed by atoms with Crippen LogP contribution in [0, 0.1) is 0 Å². The average Bonchev–Trinajstić information content (AvgIpc) is 3.32. The lowest BCUT2D eigenvalue weighted by Crippen LogP contribution is -2.65. The van der Waals surface area contributed by atoms with Crippen LogP contribution < -0.4 is 10.1 Å². The minimum absolute atomic E-state index is 0.0292. The van der Waals surface area contributed by atoms with E-state index >= 15 is 0 Å². The zero-order chi connectivity index (χ0) is 20.0. The molecule has 3 aliphatic heterocycles. The summed E-state index contributed by atoms with van der Waals surface area (Å²) < 4.78 is 11.2. The summed E-state index contributed by atoms with van der Waals surface area (Å²) in [5, 5.41) is 8.89. The molecule has 1 amide bonds. The maximum Gasteiger partial charge on any atom is 0.306 e. The van der Waals surface area contributed by atoms with Crippen molar-refractivity contribution in [1.82, 2.24) is 10.3 Å². The molecule has 0 radical (unpaired) electrons. The fourth-order valence-electron chi connectivity index (χ4n) is 4.10. The van der Waals surface area contributed by atoms with E-state index in [0.29, 0.717) is 12.2 Å². The Morgan fingerprint density at radius 2 is 2.03 bits per heavy atom. The normalized spacial score (nSPS) is 27.0. The summed E-state index contributed by atoms with van der Waals surface area (Å²) in [5.74, 6) is -0.953. The molecule has 29 heavy (non-hydrogen) atoms. The predicted molar refractivity (Wildman–Crippen MR) is 109 cm³/mol. The molecule has 148 valence electrons. The maximum atomic E-state index is 12.4. The summed E-state index contributed by atoms with van der Waals surface area (Å²) >= 11 is 1.05. The molecule has 1 saturated heterocycles. The first-order valence-electron chi connectivity index (χ1n) is 9.36. The van der Waals surface area contributed by atoms with Crippen LogP contribution in [0.15, 0.2) is 59.7 Å². The Hall–Kier alpha value is -3.00. The quantitative estimate of drug-likeness (QED) is 0.784. The van der Waals surface area contributed by atoms with Crippen molar-refractivity contribution < 1.29 is 19.1 Å². The molecule has 2 aromatic carbocycles. The first-order valence-corrected chi connectivity index (χ1v) is 10.2. The summed E-state index contributed by atoms with van der Waals surface area (Å²) in [6.07, 6.45) is 0.707. The monoisotopic (exact) mass is 409 g/mol. The molecule has 1 fully saturated rings. The fraction of sp³-hybridized carbons (Fsp3) is 0.286. The predicted octanol–water partition coefficient (Wildman–Crippen LogP) is 3.27. The molecule has 8 heteroatoms. The number of carbonyl (C=O) groups is 2. The van der Waals surface area contributed by atoms with Gasteiger partial charge in [0, 0.05) is 12.0 Å². The zero-order valence-corrected chi connectivity index (χ0v) is 16.5. The topological polar surface area (TPSA) is 80.2 Å². The van der Waals surface area contributed by atoms with E-state index in [9.17, 15) is 9.59 Å². The van der Waals surface area contributed by atoms with Crippen LogP contribution in [0.3, 0.4) is 0 Å². The Labute approximate surface area is 172 Å². The number of carbonyl (C=O) groups excluding carboxylic acids is 2. The molecule has 0 aromatic heterocycles. The Morgan fingerprint density at radius 3 is 2.83 bits per heavy atom. The van der Waals surface area contributed by atoms with Gasteiger partial charge in [0.15, 0.2) is 0 Å². The molecule has 5 rings (SSSR count). The van der Waals surface area contributed by atoms with Gasteiger partial charge in [-0.05, 0) is 11.6 Å². The summed E-state index contributed by atoms with van der Waals surface area (Å²) in [6.45, 7) is 0. The number of amides is 1. The van der Waals surface area contributed by atoms with Crippen molar-refractivity contribution in [2.24, 2.45) is 5.10 Å². The van der Waals surface area contributed by atoms with Crippen LogP contribution >= 0.6 is 11.8 Å². The van der Waals surface area contributed by atoms with Crippen LogP contribution in [0.5, 0.6) is 5.75 Å². The number of hydrogen-bond donors (Lipinski definition) is 1. The average molecular weight is 409 g/mol. The van der Waals surface area contributed by atoms with Gasteiger partial charge in [0.1, 0.15) is 11.0 Å². The molecule has 0 aliphatic carbocycles. The maximum absolute atomic E-state index is 12.4. The van der Waals surface area contributed by atoms with Gasteiger partial charge in [-0.2, -0.15) is 5.10 Å². The molecule has 0 saturated carbocycles. The van der Waals surface area contributed by atoms with Gasteiger partial charge in [-0.3, -0.25) is 14.9 Å². The smallest absolute Gasteiger partial charge is 0.306 e. The van der Waals surface area contributed by atoms with Gasteiger partial charge in [0.25, 0.3) is 11.1 Å². The third-order valence-electron chi connectivity index (χ3n) is 5.45. The third kappa shape index (κ3) is 2.86. The lowest BCUT2D eigenvalue weighted by atomic mass is 9.95. The van der Waals surface area contributed by atoms with Crippen molar-refractivity contribution in [1.29, 1.82) is 0 Å². The second kappa shape index (κ2) is 6.81. The van der Waals surface area contributed by atoms with E-state index < -0.39 is 17.1 Å². The highest BCUT2D eigenvalue weighted by Crippen LogP contribution is 2.51. The van der Waals surface area contributed by atoms with Crippen LogP contribution in [-0.2, 0) is 9.53 Å². The first-order chi connectivity index (χ1) is 14.1. The molecular weight excluding hydrogens is 390 g/mol. The number of fused-ring (bicyclic) bond motifs is 4. The summed E-state index contributed by atoms with van der Waals surface area (Å²) in [5.41, 5.74) is 2.95. The summed E-state index contributed by atoms with van der Waals surface area (Å²) in [4.78, 5) is 24.4. The van der Waals surface area contributed by atoms with Crippen LogP contribution in [0.2, 0.25) is 0 Å². The van der Waals surface area contributed by atoms with Crippen LogP contribution in [0.25, 0.3) is 0 Å².